The van der Waals surface area contributed by atoms with Gasteiger partial charge in [-0.2, -0.15) is 35.4 Å². The molecule has 0 amide bonds. The minimum absolute atomic E-state index is 0. The fourth-order valence-electron chi connectivity index (χ4n) is 1.92. The van der Waals surface area contributed by atoms with Crippen molar-refractivity contribution in [2.75, 3.05) is 0 Å². The normalized spacial score (nSPS) is 9.37. The zero-order chi connectivity index (χ0) is 13.1. The van der Waals surface area contributed by atoms with Crippen LogP contribution in [0.15, 0.2) is 48.5 Å². The van der Waals surface area contributed by atoms with Crippen LogP contribution >= 0.6 is 0 Å². The van der Waals surface area contributed by atoms with Gasteiger partial charge in [-0.05, 0) is 0 Å². The maximum atomic E-state index is 2.23. The summed E-state index contributed by atoms with van der Waals surface area (Å²) in [6.45, 7) is 4.45. The van der Waals surface area contributed by atoms with Crippen LogP contribution in [0.1, 0.15) is 50.7 Å². The summed E-state index contributed by atoms with van der Waals surface area (Å²) in [6, 6.07) is 17.2. The third-order valence-electron chi connectivity index (χ3n) is 3.10. The second kappa shape index (κ2) is 13.0. The third kappa shape index (κ3) is 9.49. The number of unbranched alkanes of at least 4 members (excludes halogenated alkanes) is 2. The summed E-state index contributed by atoms with van der Waals surface area (Å²) < 4.78 is 0. The summed E-state index contributed by atoms with van der Waals surface area (Å²) in [7, 11) is 0. The third-order valence-corrected chi connectivity index (χ3v) is 3.10. The van der Waals surface area contributed by atoms with Crippen molar-refractivity contribution in [3.63, 3.8) is 0 Å². The number of rotatable bonds is 6. The summed E-state index contributed by atoms with van der Waals surface area (Å²) in [5, 5.41) is 0. The van der Waals surface area contributed by atoms with Crippen LogP contribution < -0.4 is 0 Å². The van der Waals surface area contributed by atoms with E-state index in [-0.39, 0.29) is 37.7 Å². The van der Waals surface area contributed by atoms with Crippen molar-refractivity contribution in [3.05, 3.63) is 59.7 Å². The van der Waals surface area contributed by atoms with Gasteiger partial charge in [0.1, 0.15) is 0 Å². The van der Waals surface area contributed by atoms with E-state index in [1.807, 2.05) is 0 Å². The van der Waals surface area contributed by atoms with E-state index in [0.29, 0.717) is 0 Å². The van der Waals surface area contributed by atoms with Crippen LogP contribution in [-0.4, -0.2) is 37.7 Å². The van der Waals surface area contributed by atoms with Gasteiger partial charge < -0.3 is 0 Å². The van der Waals surface area contributed by atoms with E-state index in [2.05, 4.69) is 62.4 Å². The zero-order valence-corrected chi connectivity index (χ0v) is 14.8. The van der Waals surface area contributed by atoms with Gasteiger partial charge in [-0.3, -0.25) is 0 Å². The Hall–Kier alpha value is -0.0403. The minimum Gasteiger partial charge on any atom is -0.213 e. The van der Waals surface area contributed by atoms with Gasteiger partial charge in [-0.25, -0.2) is 24.3 Å². The van der Waals surface area contributed by atoms with Crippen LogP contribution in [0.25, 0.3) is 0 Å². The molecular formula is C18H26Ca. The monoisotopic (exact) mass is 282 g/mol. The van der Waals surface area contributed by atoms with Crippen molar-refractivity contribution in [2.24, 2.45) is 0 Å². The first-order valence-electron chi connectivity index (χ1n) is 7.28. The smallest absolute Gasteiger partial charge is 0.213 e. The van der Waals surface area contributed by atoms with Gasteiger partial charge in [0, 0.05) is 0 Å². The Labute approximate surface area is 149 Å². The van der Waals surface area contributed by atoms with Crippen LogP contribution in [-0.2, 0) is 12.8 Å². The van der Waals surface area contributed by atoms with E-state index >= 15 is 0 Å². The molecule has 0 radical (unpaired) electrons. The second-order valence-electron chi connectivity index (χ2n) is 4.79. The first-order chi connectivity index (χ1) is 8.86. The quantitative estimate of drug-likeness (QED) is 0.510. The topological polar surface area (TPSA) is 0 Å². The Kier molecular flexibility index (Phi) is 12.9. The predicted molar refractivity (Wildman–Crippen MR) is 87.0 cm³/mol. The molecule has 0 aliphatic heterocycles. The fourth-order valence-corrected chi connectivity index (χ4v) is 1.92. The van der Waals surface area contributed by atoms with Crippen LogP contribution in [0.3, 0.4) is 0 Å². The largest absolute Gasteiger partial charge is 2.00 e. The van der Waals surface area contributed by atoms with E-state index < -0.39 is 0 Å². The standard InChI is InChI=1S/2C9H13.Ca/c2*1-2-3-6-9-7-4-5-8-9;/h2*4-5,7-8H,2-3,6H2,1H3;/q2*-1;+2. The molecule has 0 saturated heterocycles. The summed E-state index contributed by atoms with van der Waals surface area (Å²) in [4.78, 5) is 0. The van der Waals surface area contributed by atoms with Crippen LogP contribution in [0, 0.1) is 0 Å². The Morgan fingerprint density at radius 3 is 1.21 bits per heavy atom. The fraction of sp³-hybridized carbons (Fsp3) is 0.444. The molecule has 1 heteroatoms. The molecule has 2 aromatic rings. The van der Waals surface area contributed by atoms with Gasteiger partial charge in [-0.15, -0.1) is 0 Å². The molecular weight excluding hydrogens is 256 g/mol. The molecule has 0 heterocycles. The summed E-state index contributed by atoms with van der Waals surface area (Å²) in [5.74, 6) is 0. The van der Waals surface area contributed by atoms with Gasteiger partial charge in [0.25, 0.3) is 0 Å². The first kappa shape index (κ1) is 19.0. The van der Waals surface area contributed by atoms with Gasteiger partial charge in [-0.1, -0.05) is 52.4 Å². The first-order valence-corrected chi connectivity index (χ1v) is 7.28. The van der Waals surface area contributed by atoms with Crippen LogP contribution in [0.2, 0.25) is 0 Å². The van der Waals surface area contributed by atoms with E-state index in [1.165, 1.54) is 49.7 Å². The van der Waals surface area contributed by atoms with Crippen LogP contribution in [0.4, 0.5) is 0 Å². The molecule has 0 aliphatic carbocycles. The Morgan fingerprint density at radius 1 is 0.632 bits per heavy atom. The molecule has 2 rings (SSSR count). The van der Waals surface area contributed by atoms with Gasteiger partial charge >= 0.3 is 37.7 Å². The molecule has 0 spiro atoms. The number of aryl methyl sites for hydroxylation is 2. The van der Waals surface area contributed by atoms with Gasteiger partial charge in [0.05, 0.1) is 0 Å². The van der Waals surface area contributed by atoms with E-state index in [0.717, 1.165) is 0 Å². The van der Waals surface area contributed by atoms with Gasteiger partial charge in [0.2, 0.25) is 0 Å². The van der Waals surface area contributed by atoms with Crippen molar-refractivity contribution in [1.82, 2.24) is 0 Å². The average Bonchev–Trinajstić information content (AvgIpc) is 3.07. The van der Waals surface area contributed by atoms with Crippen molar-refractivity contribution in [2.45, 2.75) is 52.4 Å². The Bertz CT molecular complexity index is 318. The summed E-state index contributed by atoms with van der Waals surface area (Å²) >= 11 is 0. The molecule has 0 N–H and O–H groups in total. The average molecular weight is 282 g/mol. The van der Waals surface area contributed by atoms with Gasteiger partial charge in [0.15, 0.2) is 0 Å². The maximum absolute atomic E-state index is 2.23. The predicted octanol–water partition coefficient (Wildman–Crippen LogP) is 5.12. The molecule has 0 atom stereocenters. The van der Waals surface area contributed by atoms with E-state index in [1.54, 1.807) is 0 Å². The molecule has 0 unspecified atom stereocenters. The van der Waals surface area contributed by atoms with Crippen molar-refractivity contribution in [1.29, 1.82) is 0 Å². The number of hydrogen-bond acceptors (Lipinski definition) is 0. The van der Waals surface area contributed by atoms with E-state index in [4.69, 9.17) is 0 Å². The van der Waals surface area contributed by atoms with E-state index in [9.17, 15) is 0 Å². The van der Waals surface area contributed by atoms with Crippen molar-refractivity contribution in [3.8, 4) is 0 Å². The minimum atomic E-state index is 0. The maximum Gasteiger partial charge on any atom is 2.00 e. The van der Waals surface area contributed by atoms with Crippen molar-refractivity contribution < 1.29 is 0 Å². The Balaban J connectivity index is 0.000000324. The molecule has 0 aliphatic rings. The molecule has 100 valence electrons. The van der Waals surface area contributed by atoms with Crippen LogP contribution in [0.5, 0.6) is 0 Å². The zero-order valence-electron chi connectivity index (χ0n) is 12.6. The Morgan fingerprint density at radius 2 is 0.947 bits per heavy atom. The molecule has 0 nitrogen and oxygen atoms in total. The summed E-state index contributed by atoms with van der Waals surface area (Å²) in [5.41, 5.74) is 2.97. The molecule has 0 aromatic heterocycles. The number of hydrogen-bond donors (Lipinski definition) is 0. The molecule has 0 fully saturated rings. The summed E-state index contributed by atoms with van der Waals surface area (Å²) in [6.07, 6.45) is 7.75. The van der Waals surface area contributed by atoms with Crippen molar-refractivity contribution >= 4 is 37.7 Å². The molecule has 0 saturated carbocycles. The molecule has 2 aromatic carbocycles. The second-order valence-corrected chi connectivity index (χ2v) is 4.79. The molecule has 0 bridgehead atoms. The SMILES string of the molecule is CCCC[c-]1cccc1.CCCC[c-]1cccc1.[Ca+2]. The molecule has 19 heavy (non-hydrogen) atoms.